The Hall–Kier alpha value is -1.61. The number of thiophene rings is 1. The van der Waals surface area contributed by atoms with Gasteiger partial charge in [-0.05, 0) is 47.9 Å². The maximum atomic E-state index is 4.61. The van der Waals surface area contributed by atoms with E-state index in [1.807, 2.05) is 6.07 Å². The summed E-state index contributed by atoms with van der Waals surface area (Å²) in [7, 11) is 1.80. The van der Waals surface area contributed by atoms with E-state index in [1.54, 1.807) is 18.4 Å². The Morgan fingerprint density at radius 2 is 2.08 bits per heavy atom. The van der Waals surface area contributed by atoms with E-state index in [-0.39, 0.29) is 24.0 Å². The molecule has 2 aromatic heterocycles. The third-order valence-corrected chi connectivity index (χ3v) is 4.69. The van der Waals surface area contributed by atoms with Crippen LogP contribution in [0.4, 0.5) is 0 Å². The minimum Gasteiger partial charge on any atom is -0.356 e. The molecule has 134 valence electrons. The summed E-state index contributed by atoms with van der Waals surface area (Å²) < 4.78 is 2.28. The predicted octanol–water partition coefficient (Wildman–Crippen LogP) is 3.78. The molecular formula is C18H24IN5S. The van der Waals surface area contributed by atoms with Gasteiger partial charge in [0, 0.05) is 26.7 Å². The molecule has 7 heteroatoms. The molecule has 0 spiro atoms. The van der Waals surface area contributed by atoms with E-state index in [0.717, 1.165) is 43.4 Å². The molecule has 0 aliphatic carbocycles. The second-order valence-electron chi connectivity index (χ2n) is 5.64. The molecule has 5 nitrogen and oxygen atoms in total. The number of aliphatic imine (C=N–C) groups is 1. The summed E-state index contributed by atoms with van der Waals surface area (Å²) in [4.78, 5) is 8.88. The summed E-state index contributed by atoms with van der Waals surface area (Å²) in [6.07, 6.45) is 1.01. The fourth-order valence-corrected chi connectivity index (χ4v) is 3.39. The molecule has 2 heterocycles. The molecule has 0 atom stereocenters. The Balaban J connectivity index is 0.00000225. The number of aryl methyl sites for hydroxylation is 2. The fraction of sp³-hybridized carbons (Fsp3) is 0.333. The van der Waals surface area contributed by atoms with Crippen LogP contribution < -0.4 is 10.6 Å². The Kier molecular flexibility index (Phi) is 7.70. The lowest BCUT2D eigenvalue weighted by molar-refractivity contribution is 0.624. The number of para-hydroxylation sites is 2. The van der Waals surface area contributed by atoms with E-state index in [2.05, 4.69) is 67.1 Å². The molecule has 0 saturated heterocycles. The lowest BCUT2D eigenvalue weighted by Gasteiger charge is -2.12. The summed E-state index contributed by atoms with van der Waals surface area (Å²) in [5.74, 6) is 1.91. The third-order valence-electron chi connectivity index (χ3n) is 3.96. The lowest BCUT2D eigenvalue weighted by atomic mass is 10.3. The summed E-state index contributed by atoms with van der Waals surface area (Å²) >= 11 is 1.71. The Morgan fingerprint density at radius 3 is 2.84 bits per heavy atom. The second-order valence-corrected chi connectivity index (χ2v) is 6.42. The van der Waals surface area contributed by atoms with Crippen LogP contribution in [0, 0.1) is 6.92 Å². The number of halogens is 1. The van der Waals surface area contributed by atoms with Crippen molar-refractivity contribution in [3.63, 3.8) is 0 Å². The van der Waals surface area contributed by atoms with Gasteiger partial charge in [0.1, 0.15) is 5.82 Å². The number of guanidine groups is 1. The van der Waals surface area contributed by atoms with E-state index < -0.39 is 0 Å². The highest BCUT2D eigenvalue weighted by atomic mass is 127. The van der Waals surface area contributed by atoms with Crippen molar-refractivity contribution in [2.45, 2.75) is 26.4 Å². The van der Waals surface area contributed by atoms with Crippen molar-refractivity contribution in [1.29, 1.82) is 0 Å². The SMILES string of the molecule is CN=C(NCCCn1c(C)nc2ccccc21)NCc1ccsc1.I. The van der Waals surface area contributed by atoms with Crippen molar-refractivity contribution in [3.05, 3.63) is 52.5 Å². The third kappa shape index (κ3) is 5.18. The number of rotatable bonds is 6. The Bertz CT molecular complexity index is 810. The standard InChI is InChI=1S/C18H23N5S.HI/c1-14-22-16-6-3-4-7-17(16)23(14)10-5-9-20-18(19-2)21-12-15-8-11-24-13-15;/h3-4,6-8,11,13H,5,9-10,12H2,1-2H3,(H2,19,20,21);1H. The number of hydrogen-bond acceptors (Lipinski definition) is 3. The summed E-state index contributed by atoms with van der Waals surface area (Å²) in [5, 5.41) is 10.9. The second kappa shape index (κ2) is 9.76. The van der Waals surface area contributed by atoms with Crippen molar-refractivity contribution >= 4 is 52.3 Å². The molecule has 0 radical (unpaired) electrons. The monoisotopic (exact) mass is 469 g/mol. The van der Waals surface area contributed by atoms with Gasteiger partial charge in [0.05, 0.1) is 11.0 Å². The van der Waals surface area contributed by atoms with Gasteiger partial charge in [-0.2, -0.15) is 11.3 Å². The van der Waals surface area contributed by atoms with Crippen molar-refractivity contribution < 1.29 is 0 Å². The van der Waals surface area contributed by atoms with Gasteiger partial charge in [0.15, 0.2) is 5.96 Å². The zero-order valence-electron chi connectivity index (χ0n) is 14.5. The molecule has 3 aromatic rings. The number of imidazole rings is 1. The predicted molar refractivity (Wildman–Crippen MR) is 117 cm³/mol. The van der Waals surface area contributed by atoms with Crippen molar-refractivity contribution in [2.24, 2.45) is 4.99 Å². The number of nitrogens with one attached hydrogen (secondary N) is 2. The average molecular weight is 469 g/mol. The van der Waals surface area contributed by atoms with Crippen LogP contribution >= 0.6 is 35.3 Å². The Labute approximate surface area is 169 Å². The normalized spacial score (nSPS) is 11.4. The molecular weight excluding hydrogens is 445 g/mol. The minimum absolute atomic E-state index is 0. The minimum atomic E-state index is 0. The smallest absolute Gasteiger partial charge is 0.191 e. The molecule has 0 saturated carbocycles. The molecule has 0 fully saturated rings. The van der Waals surface area contributed by atoms with E-state index in [9.17, 15) is 0 Å². The zero-order valence-corrected chi connectivity index (χ0v) is 17.7. The summed E-state index contributed by atoms with van der Waals surface area (Å²) in [6, 6.07) is 10.4. The molecule has 3 rings (SSSR count). The van der Waals surface area contributed by atoms with Crippen LogP contribution in [0.2, 0.25) is 0 Å². The first-order valence-electron chi connectivity index (χ1n) is 8.15. The van der Waals surface area contributed by atoms with Gasteiger partial charge in [-0.3, -0.25) is 4.99 Å². The quantitative estimate of drug-likeness (QED) is 0.250. The molecule has 0 amide bonds. The molecule has 25 heavy (non-hydrogen) atoms. The molecule has 0 bridgehead atoms. The van der Waals surface area contributed by atoms with Crippen LogP contribution in [0.1, 0.15) is 17.8 Å². The van der Waals surface area contributed by atoms with Crippen LogP contribution in [0.15, 0.2) is 46.1 Å². The molecule has 0 aliphatic heterocycles. The van der Waals surface area contributed by atoms with E-state index >= 15 is 0 Å². The van der Waals surface area contributed by atoms with Crippen LogP contribution in [0.25, 0.3) is 11.0 Å². The first kappa shape index (κ1) is 19.7. The maximum Gasteiger partial charge on any atom is 0.191 e. The van der Waals surface area contributed by atoms with Crippen LogP contribution in [-0.4, -0.2) is 29.1 Å². The lowest BCUT2D eigenvalue weighted by Crippen LogP contribution is -2.37. The zero-order chi connectivity index (χ0) is 16.8. The van der Waals surface area contributed by atoms with Gasteiger partial charge in [-0.1, -0.05) is 12.1 Å². The summed E-state index contributed by atoms with van der Waals surface area (Å²) in [6.45, 7) is 4.68. The van der Waals surface area contributed by atoms with E-state index in [0.29, 0.717) is 0 Å². The van der Waals surface area contributed by atoms with Gasteiger partial charge in [0.25, 0.3) is 0 Å². The van der Waals surface area contributed by atoms with Crippen molar-refractivity contribution in [3.8, 4) is 0 Å². The number of nitrogens with zero attached hydrogens (tertiary/aromatic N) is 3. The largest absolute Gasteiger partial charge is 0.356 e. The van der Waals surface area contributed by atoms with E-state index in [1.165, 1.54) is 11.1 Å². The first-order chi connectivity index (χ1) is 11.8. The topological polar surface area (TPSA) is 54.2 Å². The maximum absolute atomic E-state index is 4.61. The van der Waals surface area contributed by atoms with Gasteiger partial charge >= 0.3 is 0 Å². The molecule has 2 N–H and O–H groups in total. The van der Waals surface area contributed by atoms with Gasteiger partial charge in [-0.25, -0.2) is 4.98 Å². The number of fused-ring (bicyclic) bond motifs is 1. The van der Waals surface area contributed by atoms with Gasteiger partial charge in [0.2, 0.25) is 0 Å². The highest BCUT2D eigenvalue weighted by Gasteiger charge is 2.06. The molecule has 0 unspecified atom stereocenters. The molecule has 1 aromatic carbocycles. The van der Waals surface area contributed by atoms with Gasteiger partial charge in [-0.15, -0.1) is 24.0 Å². The first-order valence-corrected chi connectivity index (χ1v) is 9.09. The van der Waals surface area contributed by atoms with Crippen LogP contribution in [-0.2, 0) is 13.1 Å². The number of hydrogen-bond donors (Lipinski definition) is 2. The highest BCUT2D eigenvalue weighted by molar-refractivity contribution is 14.0. The molecule has 0 aliphatic rings. The van der Waals surface area contributed by atoms with Crippen molar-refractivity contribution in [1.82, 2.24) is 20.2 Å². The number of aromatic nitrogens is 2. The van der Waals surface area contributed by atoms with Crippen molar-refractivity contribution in [2.75, 3.05) is 13.6 Å². The van der Waals surface area contributed by atoms with E-state index in [4.69, 9.17) is 0 Å². The van der Waals surface area contributed by atoms with Crippen LogP contribution in [0.3, 0.4) is 0 Å². The van der Waals surface area contributed by atoms with Gasteiger partial charge < -0.3 is 15.2 Å². The Morgan fingerprint density at radius 1 is 1.24 bits per heavy atom. The highest BCUT2D eigenvalue weighted by Crippen LogP contribution is 2.15. The fourth-order valence-electron chi connectivity index (χ4n) is 2.72. The number of benzene rings is 1. The summed E-state index contributed by atoms with van der Waals surface area (Å²) in [5.41, 5.74) is 3.55. The van der Waals surface area contributed by atoms with Crippen LogP contribution in [0.5, 0.6) is 0 Å². The average Bonchev–Trinajstić information content (AvgIpc) is 3.22.